The maximum absolute atomic E-state index is 14.5. The van der Waals surface area contributed by atoms with E-state index >= 15 is 0 Å². The van der Waals surface area contributed by atoms with E-state index < -0.39 is 55.0 Å². The van der Waals surface area contributed by atoms with Crippen LogP contribution in [0.1, 0.15) is 70.4 Å². The van der Waals surface area contributed by atoms with E-state index in [1.807, 2.05) is 31.2 Å². The standard InChI is InChI=1S/C26H23FN6O7S.C26H23FN6O5S.C21H19FN6O4S.C5H5BrO3.CH2O3.2K.H/c1-15-10-19(33-40-15)14-37-20-8-6-17(7-9-20)30-24-22(27)12-28-25(32-24)31-18-4-3-5-21(11-18)41(35,36)29-13-23-16(2)38-26(34)39-23;1-15-10-19(33-38-15)14-35-20-8-6-17(7-9-20)30-24-22(27)12-28-25(32-24)31-18-4-3-5-21(11-18)39-29-13-23-16(2)36-26(34)37-23;1-13-9-16(28-32-13)12-31-17-7-5-14(6-8-17)25-20-19(22)11-24-21(27-20)26-15-3-2-4-18(10-15)33(23,29)30;1-3-4(2-6)9-5(7)8-3;2-1-4-3;;;/h3-12,29H,13-14H2,1-2H3,(H2,28,30,31,32);3-12,29H,13-14H2,1-2H3,(H2,28,30,31,32);2-11H,12H2,1H3,(H2,23,29,30)(H2,24,25,26,27);2H2,1H3;1,3H;;;/q;;;;;2*+1;-1/p-1. The third-order valence-corrected chi connectivity index (χ3v) is 19.8. The summed E-state index contributed by atoms with van der Waals surface area (Å²) in [6.45, 7) is 10.9. The summed E-state index contributed by atoms with van der Waals surface area (Å²) in [7, 11) is -7.85. The Bertz CT molecular complexity index is 6620. The van der Waals surface area contributed by atoms with Crippen molar-refractivity contribution in [2.75, 3.05) is 31.9 Å². The molecule has 0 saturated heterocycles. The minimum absolute atomic E-state index is 0. The van der Waals surface area contributed by atoms with Gasteiger partial charge in [0.25, 0.3) is 6.47 Å². The summed E-state index contributed by atoms with van der Waals surface area (Å²) in [5.74, 6) is 2.02. The first-order valence-electron chi connectivity index (χ1n) is 36.4. The predicted octanol–water partition coefficient (Wildman–Crippen LogP) is 7.56. The second kappa shape index (κ2) is 48.6. The minimum atomic E-state index is -3.98. The first-order chi connectivity index (χ1) is 60.5. The molecule has 0 fully saturated rings. The molecule has 49 heteroatoms. The number of primary sulfonamides is 1. The number of carbonyl (C=O) groups excluding carboxylic acids is 1. The molecule has 9 aromatic heterocycles. The van der Waals surface area contributed by atoms with Crippen LogP contribution in [0.2, 0.25) is 0 Å². The van der Waals surface area contributed by atoms with Crippen LogP contribution in [-0.2, 0) is 68.0 Å². The molecule has 0 aliphatic carbocycles. The number of hydrogen-bond acceptors (Lipinski definition) is 39. The number of nitrogens with two attached hydrogens (primary N) is 1. The molecule has 0 bridgehead atoms. The van der Waals surface area contributed by atoms with Gasteiger partial charge in [-0.1, -0.05) is 49.6 Å². The Morgan fingerprint density at radius 3 is 1.13 bits per heavy atom. The summed E-state index contributed by atoms with van der Waals surface area (Å²) in [6, 6.07) is 45.1. The Labute approximate surface area is 822 Å². The van der Waals surface area contributed by atoms with Crippen molar-refractivity contribution in [2.45, 2.75) is 94.5 Å². The van der Waals surface area contributed by atoms with Crippen LogP contribution < -0.4 is 186 Å². The summed E-state index contributed by atoms with van der Waals surface area (Å²) in [5.41, 5.74) is 5.17. The van der Waals surface area contributed by atoms with Crippen molar-refractivity contribution in [2.24, 2.45) is 5.14 Å². The molecule has 6 aromatic carbocycles. The van der Waals surface area contributed by atoms with Crippen LogP contribution in [0.3, 0.4) is 0 Å². The van der Waals surface area contributed by atoms with Gasteiger partial charge in [0, 0.05) is 57.2 Å². The van der Waals surface area contributed by atoms with Crippen LogP contribution in [0.5, 0.6) is 17.2 Å². The van der Waals surface area contributed by atoms with Crippen molar-refractivity contribution < 1.29 is 203 Å². The van der Waals surface area contributed by atoms with E-state index in [9.17, 15) is 44.4 Å². The maximum Gasteiger partial charge on any atom is 1.00 e. The third kappa shape index (κ3) is 31.5. The molecule has 40 nitrogen and oxygen atoms in total. The van der Waals surface area contributed by atoms with Crippen LogP contribution >= 0.6 is 27.9 Å². The maximum atomic E-state index is 14.5. The molecule has 0 aliphatic heterocycles. The second-order valence-corrected chi connectivity index (χ2v) is 30.5. The molecule has 128 heavy (non-hydrogen) atoms. The topological polar surface area (TPSA) is 553 Å². The monoisotopic (exact) mass is 1930 g/mol. The molecular formula is C79H72BrF3K2N18O22S3. The number of ether oxygens (including phenoxy) is 3. The number of nitrogens with one attached hydrogen (secondary N) is 8. The Hall–Kier alpha value is -11.5. The zero-order chi connectivity index (χ0) is 89.9. The molecule has 9 heterocycles. The first-order valence-corrected chi connectivity index (χ1v) is 41.4. The molecule has 0 saturated carbocycles. The molecule has 0 spiro atoms. The molecule has 15 rings (SSSR count). The van der Waals surface area contributed by atoms with Gasteiger partial charge in [-0.3, -0.25) is 9.52 Å². The van der Waals surface area contributed by atoms with Crippen molar-refractivity contribution in [3.05, 3.63) is 301 Å². The van der Waals surface area contributed by atoms with E-state index in [1.54, 1.807) is 131 Å². The summed E-state index contributed by atoms with van der Waals surface area (Å²) in [4.78, 5) is 69.1. The Morgan fingerprint density at radius 1 is 0.461 bits per heavy atom. The van der Waals surface area contributed by atoms with Gasteiger partial charge in [0.2, 0.25) is 37.9 Å². The van der Waals surface area contributed by atoms with Crippen molar-refractivity contribution in [1.29, 1.82) is 0 Å². The Balaban J connectivity index is 0.000000221. The number of carbonyl (C=O) groups is 1. The number of sulfonamides is 2. The summed E-state index contributed by atoms with van der Waals surface area (Å²) in [6.07, 6.45) is 3.08. The minimum Gasteiger partial charge on any atom is -1.00 e. The van der Waals surface area contributed by atoms with Crippen molar-refractivity contribution in [3.8, 4) is 17.2 Å². The number of aryl methyl sites for hydroxylation is 6. The molecular weight excluding hydrogens is 1860 g/mol. The van der Waals surface area contributed by atoms with Gasteiger partial charge < -0.3 is 97.8 Å². The first kappa shape index (κ1) is 100. The average Bonchev–Trinajstić information content (AvgIpc) is 1.30. The SMILES string of the molecule is Cc1cc(COc2ccc(Nc3nc(Nc4cccc(S(=O)(=O)NCc5oc(=O)oc5C)c4)ncc3F)cc2)no1.Cc1cc(COc2ccc(Nc3nc(Nc4cccc(S(N)(=O)=O)c4)ncc3F)cc2)no1.Cc1cc(COc2ccc(Nc3nc(Nc4cccc(SNCc5oc(=O)oc5C)c4)ncc3F)cc2)no1.Cc1oc(=O)oc1CBr.O=CO[O-].[H-].[K+].[K+]. The number of hydrogen-bond donors (Lipinski definition) is 9. The smallest absolute Gasteiger partial charge is 1.00 e. The van der Waals surface area contributed by atoms with E-state index in [0.717, 1.165) is 23.5 Å². The molecule has 0 atom stereocenters. The second-order valence-electron chi connectivity index (χ2n) is 25.6. The van der Waals surface area contributed by atoms with E-state index in [-0.39, 0.29) is 194 Å². The van der Waals surface area contributed by atoms with E-state index in [1.165, 1.54) is 55.3 Å². The van der Waals surface area contributed by atoms with Crippen molar-refractivity contribution in [3.63, 3.8) is 0 Å². The van der Waals surface area contributed by atoms with E-state index in [4.69, 9.17) is 60.6 Å². The largest absolute Gasteiger partial charge is 1.00 e. The van der Waals surface area contributed by atoms with Gasteiger partial charge in [-0.2, -0.15) is 15.0 Å². The van der Waals surface area contributed by atoms with Crippen molar-refractivity contribution in [1.82, 2.24) is 54.8 Å². The predicted molar refractivity (Wildman–Crippen MR) is 446 cm³/mol. The number of anilines is 12. The van der Waals surface area contributed by atoms with Gasteiger partial charge in [0.15, 0.2) is 52.2 Å². The molecule has 0 radical (unpaired) electrons. The van der Waals surface area contributed by atoms with Crippen LogP contribution in [0.4, 0.5) is 82.6 Å². The number of aromatic nitrogens is 9. The number of rotatable bonds is 32. The van der Waals surface area contributed by atoms with Crippen LogP contribution in [0.25, 0.3) is 0 Å². The van der Waals surface area contributed by atoms with Gasteiger partial charge in [0.1, 0.15) is 88.7 Å². The van der Waals surface area contributed by atoms with Gasteiger partial charge in [-0.15, -0.1) is 0 Å². The van der Waals surface area contributed by atoms with Gasteiger partial charge in [-0.25, -0.2) is 69.2 Å². The molecule has 15 aromatic rings. The Kier molecular flexibility index (Phi) is 38.1. The summed E-state index contributed by atoms with van der Waals surface area (Å²) >= 11 is 4.47. The normalized spacial score (nSPS) is 10.8. The van der Waals surface area contributed by atoms with E-state index in [0.29, 0.717) is 121 Å². The van der Waals surface area contributed by atoms with Gasteiger partial charge >= 0.3 is 120 Å². The van der Waals surface area contributed by atoms with Crippen LogP contribution in [0, 0.1) is 59.0 Å². The summed E-state index contributed by atoms with van der Waals surface area (Å²) < 4.78 is 158. The van der Waals surface area contributed by atoms with E-state index in [2.05, 4.69) is 116 Å². The number of benzene rings is 6. The summed E-state index contributed by atoms with van der Waals surface area (Å²) in [5, 5.41) is 43.2. The van der Waals surface area contributed by atoms with Gasteiger partial charge in [-0.05, 0) is 181 Å². The molecule has 10 N–H and O–H groups in total. The number of alkyl halides is 1. The molecule has 0 amide bonds. The quantitative estimate of drug-likeness (QED) is 0.00490. The fourth-order valence-corrected chi connectivity index (χ4v) is 13.1. The van der Waals surface area contributed by atoms with Crippen molar-refractivity contribution >= 4 is 124 Å². The Morgan fingerprint density at radius 2 is 0.805 bits per heavy atom. The molecule has 658 valence electrons. The third-order valence-electron chi connectivity index (χ3n) is 16.2. The van der Waals surface area contributed by atoms with Crippen LogP contribution in [-0.4, -0.2) is 68.7 Å². The molecule has 0 unspecified atom stereocenters. The van der Waals surface area contributed by atoms with Crippen LogP contribution in [0.15, 0.2) is 252 Å². The molecule has 0 aliphatic rings. The average molecular weight is 1940 g/mol. The zero-order valence-electron chi connectivity index (χ0n) is 69.5. The number of halogens is 4. The zero-order valence-corrected chi connectivity index (χ0v) is 78.7. The fraction of sp³-hybridized carbons (Fsp3) is 0.152. The fourth-order valence-electron chi connectivity index (χ4n) is 10.3. The van der Waals surface area contributed by atoms with Gasteiger partial charge in [0.05, 0.1) is 46.8 Å². The number of nitrogens with zero attached hydrogens (tertiary/aromatic N) is 9.